The lowest BCUT2D eigenvalue weighted by molar-refractivity contribution is 0.991. The molecule has 29 heavy (non-hydrogen) atoms. The third-order valence-corrected chi connectivity index (χ3v) is 6.59. The number of benzene rings is 2. The van der Waals surface area contributed by atoms with Gasteiger partial charge >= 0.3 is 0 Å². The largest absolute Gasteiger partial charge is 0.326 e. The Morgan fingerprint density at radius 2 is 1.62 bits per heavy atom. The van der Waals surface area contributed by atoms with Gasteiger partial charge < -0.3 is 4.90 Å². The topological polar surface area (TPSA) is 29.0 Å². The zero-order valence-electron chi connectivity index (χ0n) is 16.9. The van der Waals surface area contributed by atoms with E-state index in [0.717, 1.165) is 41.1 Å². The standard InChI is InChI=1S/C24H24ClN3S/c1-4-16-12-14-17(15-13-16)20-19(5-2)29-23-21(20)22(26-24(25)27-23)28(6-3)18-10-8-7-9-11-18/h7-15H,4-6H2,1-3H3. The molecular weight excluding hydrogens is 398 g/mol. The molecule has 0 spiro atoms. The molecule has 0 saturated carbocycles. The number of anilines is 2. The van der Waals surface area contributed by atoms with Crippen molar-refractivity contribution in [3.05, 3.63) is 70.3 Å². The molecule has 5 heteroatoms. The van der Waals surface area contributed by atoms with E-state index < -0.39 is 0 Å². The third-order valence-electron chi connectivity index (χ3n) is 5.19. The average Bonchev–Trinajstić information content (AvgIpc) is 3.13. The van der Waals surface area contributed by atoms with Crippen LogP contribution < -0.4 is 4.90 Å². The average molecular weight is 422 g/mol. The quantitative estimate of drug-likeness (QED) is 0.306. The Morgan fingerprint density at radius 3 is 2.24 bits per heavy atom. The van der Waals surface area contributed by atoms with Gasteiger partial charge in [0.1, 0.15) is 10.6 Å². The summed E-state index contributed by atoms with van der Waals surface area (Å²) in [7, 11) is 0. The summed E-state index contributed by atoms with van der Waals surface area (Å²) < 4.78 is 0. The molecule has 0 unspecified atom stereocenters. The maximum absolute atomic E-state index is 6.36. The summed E-state index contributed by atoms with van der Waals surface area (Å²) in [5.74, 6) is 0.874. The van der Waals surface area contributed by atoms with Gasteiger partial charge in [0.2, 0.25) is 5.28 Å². The molecule has 0 amide bonds. The predicted molar refractivity (Wildman–Crippen MR) is 126 cm³/mol. The van der Waals surface area contributed by atoms with Crippen LogP contribution in [0.15, 0.2) is 54.6 Å². The number of fused-ring (bicyclic) bond motifs is 1. The normalized spacial score (nSPS) is 11.2. The predicted octanol–water partition coefficient (Wildman–Crippen LogP) is 7.29. The van der Waals surface area contributed by atoms with Crippen LogP contribution in [0.25, 0.3) is 21.3 Å². The van der Waals surface area contributed by atoms with Crippen LogP contribution in [0.1, 0.15) is 31.2 Å². The molecule has 3 nitrogen and oxygen atoms in total. The molecule has 148 valence electrons. The van der Waals surface area contributed by atoms with Crippen molar-refractivity contribution in [3.8, 4) is 11.1 Å². The van der Waals surface area contributed by atoms with Crippen molar-refractivity contribution in [2.75, 3.05) is 11.4 Å². The molecule has 0 atom stereocenters. The van der Waals surface area contributed by atoms with E-state index in [-0.39, 0.29) is 0 Å². The Morgan fingerprint density at radius 1 is 0.897 bits per heavy atom. The smallest absolute Gasteiger partial charge is 0.225 e. The molecule has 0 saturated heterocycles. The van der Waals surface area contributed by atoms with Crippen molar-refractivity contribution >= 4 is 44.7 Å². The highest BCUT2D eigenvalue weighted by Gasteiger charge is 2.23. The lowest BCUT2D eigenvalue weighted by Crippen LogP contribution is -2.18. The lowest BCUT2D eigenvalue weighted by Gasteiger charge is -2.23. The van der Waals surface area contributed by atoms with Crippen molar-refractivity contribution in [1.82, 2.24) is 9.97 Å². The van der Waals surface area contributed by atoms with Gasteiger partial charge in [0.25, 0.3) is 0 Å². The van der Waals surface area contributed by atoms with E-state index in [0.29, 0.717) is 5.28 Å². The molecule has 0 N–H and O–H groups in total. The molecule has 0 bridgehead atoms. The van der Waals surface area contributed by atoms with E-state index in [1.807, 2.05) is 18.2 Å². The van der Waals surface area contributed by atoms with Crippen LogP contribution >= 0.6 is 22.9 Å². The lowest BCUT2D eigenvalue weighted by atomic mass is 10.00. The Bertz CT molecular complexity index is 1120. The fourth-order valence-corrected chi connectivity index (χ4v) is 5.06. The molecule has 2 aromatic heterocycles. The van der Waals surface area contributed by atoms with Crippen molar-refractivity contribution < 1.29 is 0 Å². The number of nitrogens with zero attached hydrogens (tertiary/aromatic N) is 3. The maximum atomic E-state index is 6.36. The van der Waals surface area contributed by atoms with Crippen molar-refractivity contribution in [3.63, 3.8) is 0 Å². The molecule has 4 rings (SSSR count). The highest BCUT2D eigenvalue weighted by atomic mass is 35.5. The van der Waals surface area contributed by atoms with Gasteiger partial charge in [0.15, 0.2) is 0 Å². The van der Waals surface area contributed by atoms with Gasteiger partial charge in [-0.25, -0.2) is 4.98 Å². The van der Waals surface area contributed by atoms with Gasteiger partial charge in [-0.2, -0.15) is 4.98 Å². The summed E-state index contributed by atoms with van der Waals surface area (Å²) in [6, 6.07) is 19.2. The van der Waals surface area contributed by atoms with Crippen LogP contribution in [0.3, 0.4) is 0 Å². The number of hydrogen-bond acceptors (Lipinski definition) is 4. The first-order valence-electron chi connectivity index (χ1n) is 10.1. The van der Waals surface area contributed by atoms with Gasteiger partial charge in [-0.3, -0.25) is 0 Å². The minimum atomic E-state index is 0.290. The van der Waals surface area contributed by atoms with E-state index in [9.17, 15) is 0 Å². The number of aromatic nitrogens is 2. The molecule has 4 aromatic rings. The molecular formula is C24H24ClN3S. The number of halogens is 1. The van der Waals surface area contributed by atoms with Crippen molar-refractivity contribution in [2.24, 2.45) is 0 Å². The van der Waals surface area contributed by atoms with Crippen LogP contribution in [-0.4, -0.2) is 16.5 Å². The Labute approximate surface area is 181 Å². The third kappa shape index (κ3) is 3.75. The van der Waals surface area contributed by atoms with Crippen molar-refractivity contribution in [1.29, 1.82) is 0 Å². The molecule has 0 radical (unpaired) electrons. The number of rotatable bonds is 6. The first-order valence-corrected chi connectivity index (χ1v) is 11.3. The van der Waals surface area contributed by atoms with Gasteiger partial charge in [-0.05, 0) is 54.6 Å². The van der Waals surface area contributed by atoms with Crippen LogP contribution in [0.5, 0.6) is 0 Å². The highest BCUT2D eigenvalue weighted by molar-refractivity contribution is 7.19. The fraction of sp³-hybridized carbons (Fsp3) is 0.250. The second-order valence-electron chi connectivity index (χ2n) is 6.88. The Hall–Kier alpha value is -2.43. The minimum absolute atomic E-state index is 0.290. The van der Waals surface area contributed by atoms with E-state index in [1.165, 1.54) is 21.6 Å². The zero-order valence-corrected chi connectivity index (χ0v) is 18.5. The second-order valence-corrected chi connectivity index (χ2v) is 8.30. The summed E-state index contributed by atoms with van der Waals surface area (Å²) in [6.07, 6.45) is 1.98. The summed E-state index contributed by atoms with van der Waals surface area (Å²) in [6.45, 7) is 7.30. The first-order chi connectivity index (χ1) is 14.2. The van der Waals surface area contributed by atoms with E-state index >= 15 is 0 Å². The fourth-order valence-electron chi connectivity index (χ4n) is 3.72. The highest BCUT2D eigenvalue weighted by Crippen LogP contribution is 2.44. The number of aryl methyl sites for hydroxylation is 2. The van der Waals surface area contributed by atoms with E-state index in [4.69, 9.17) is 16.6 Å². The molecule has 2 heterocycles. The molecule has 0 aliphatic rings. The Kier molecular flexibility index (Phi) is 5.84. The minimum Gasteiger partial charge on any atom is -0.326 e. The Balaban J connectivity index is 2.00. The van der Waals surface area contributed by atoms with Gasteiger partial charge in [-0.1, -0.05) is 56.3 Å². The summed E-state index contributed by atoms with van der Waals surface area (Å²) in [4.78, 5) is 13.8. The van der Waals surface area contributed by atoms with Gasteiger partial charge in [0, 0.05) is 22.7 Å². The summed E-state index contributed by atoms with van der Waals surface area (Å²) in [5.41, 5.74) is 4.88. The number of para-hydroxylation sites is 1. The SMILES string of the molecule is CCc1ccc(-c2c(CC)sc3nc(Cl)nc(N(CC)c4ccccc4)c23)cc1. The van der Waals surface area contributed by atoms with Crippen LogP contribution in [-0.2, 0) is 12.8 Å². The summed E-state index contributed by atoms with van der Waals surface area (Å²) >= 11 is 8.08. The van der Waals surface area contributed by atoms with Gasteiger partial charge in [0.05, 0.1) is 5.39 Å². The van der Waals surface area contributed by atoms with Crippen LogP contribution in [0, 0.1) is 0 Å². The zero-order chi connectivity index (χ0) is 20.4. The molecule has 0 fully saturated rings. The molecule has 0 aliphatic heterocycles. The van der Waals surface area contributed by atoms with Crippen molar-refractivity contribution in [2.45, 2.75) is 33.6 Å². The maximum Gasteiger partial charge on any atom is 0.225 e. The second kappa shape index (κ2) is 8.52. The number of thiophene rings is 1. The first kappa shape index (κ1) is 19.9. The monoisotopic (exact) mass is 421 g/mol. The van der Waals surface area contributed by atoms with Gasteiger partial charge in [-0.15, -0.1) is 11.3 Å². The number of hydrogen-bond donors (Lipinski definition) is 0. The van der Waals surface area contributed by atoms with Crippen LogP contribution in [0.4, 0.5) is 11.5 Å². The van der Waals surface area contributed by atoms with E-state index in [2.05, 4.69) is 67.1 Å². The summed E-state index contributed by atoms with van der Waals surface area (Å²) in [5, 5.41) is 1.38. The molecule has 0 aliphatic carbocycles. The van der Waals surface area contributed by atoms with Crippen LogP contribution in [0.2, 0.25) is 5.28 Å². The van der Waals surface area contributed by atoms with E-state index in [1.54, 1.807) is 11.3 Å². The molecule has 2 aromatic carbocycles.